The normalized spacial score (nSPS) is 20.1. The quantitative estimate of drug-likeness (QED) is 0.676. The van der Waals surface area contributed by atoms with Gasteiger partial charge in [-0.3, -0.25) is 9.36 Å². The van der Waals surface area contributed by atoms with Gasteiger partial charge < -0.3 is 9.64 Å². The van der Waals surface area contributed by atoms with E-state index >= 15 is 0 Å². The molecular formula is C11H15N3O3. The third-order valence-corrected chi connectivity index (χ3v) is 2.95. The summed E-state index contributed by atoms with van der Waals surface area (Å²) in [6, 6.07) is -0.142. The Morgan fingerprint density at radius 2 is 2.29 bits per heavy atom. The second kappa shape index (κ2) is 4.99. The van der Waals surface area contributed by atoms with Crippen LogP contribution in [0.5, 0.6) is 0 Å². The zero-order valence-corrected chi connectivity index (χ0v) is 9.70. The summed E-state index contributed by atoms with van der Waals surface area (Å²) in [7, 11) is 1.37. The zero-order chi connectivity index (χ0) is 12.3. The van der Waals surface area contributed by atoms with Crippen LogP contribution in [0.25, 0.3) is 0 Å². The minimum absolute atomic E-state index is 0.142. The summed E-state index contributed by atoms with van der Waals surface area (Å²) >= 11 is 0. The van der Waals surface area contributed by atoms with E-state index in [4.69, 9.17) is 4.74 Å². The molecule has 0 saturated carbocycles. The van der Waals surface area contributed by atoms with E-state index in [0.717, 1.165) is 12.8 Å². The molecule has 92 valence electrons. The Kier molecular flexibility index (Phi) is 3.41. The van der Waals surface area contributed by atoms with Crippen molar-refractivity contribution in [2.75, 3.05) is 20.2 Å². The Bertz CT molecular complexity index is 402. The lowest BCUT2D eigenvalue weighted by molar-refractivity contribution is -0.146. The predicted molar refractivity (Wildman–Crippen MR) is 59.3 cm³/mol. The summed E-state index contributed by atoms with van der Waals surface area (Å²) in [6.45, 7) is 1.09. The van der Waals surface area contributed by atoms with Gasteiger partial charge >= 0.3 is 12.0 Å². The highest BCUT2D eigenvalue weighted by Gasteiger charge is 2.29. The number of carbonyl (C=O) groups is 2. The molecule has 0 aliphatic carbocycles. The SMILES string of the molecule is COC(=O)C1CCCN(C(=O)n2ccnc2)C1. The van der Waals surface area contributed by atoms with Crippen molar-refractivity contribution in [2.45, 2.75) is 12.8 Å². The molecular weight excluding hydrogens is 222 g/mol. The van der Waals surface area contributed by atoms with Gasteiger partial charge in [0.2, 0.25) is 0 Å². The molecule has 1 amide bonds. The van der Waals surface area contributed by atoms with Gasteiger partial charge in [0.1, 0.15) is 6.33 Å². The lowest BCUT2D eigenvalue weighted by Gasteiger charge is -2.31. The van der Waals surface area contributed by atoms with Gasteiger partial charge in [-0.2, -0.15) is 0 Å². The average molecular weight is 237 g/mol. The number of aromatic nitrogens is 2. The van der Waals surface area contributed by atoms with E-state index < -0.39 is 0 Å². The van der Waals surface area contributed by atoms with Crippen LogP contribution in [-0.4, -0.2) is 46.7 Å². The average Bonchev–Trinajstić information content (AvgIpc) is 2.91. The Balaban J connectivity index is 2.02. The molecule has 0 N–H and O–H groups in total. The Hall–Kier alpha value is -1.85. The van der Waals surface area contributed by atoms with Crippen molar-refractivity contribution in [1.29, 1.82) is 0 Å². The molecule has 1 unspecified atom stereocenters. The molecule has 0 aromatic carbocycles. The maximum Gasteiger partial charge on any atom is 0.329 e. The van der Waals surface area contributed by atoms with E-state index in [1.165, 1.54) is 18.0 Å². The molecule has 1 aliphatic heterocycles. The predicted octanol–water partition coefficient (Wildman–Crippen LogP) is 0.736. The molecule has 1 aromatic rings. The molecule has 17 heavy (non-hydrogen) atoms. The van der Waals surface area contributed by atoms with E-state index in [1.54, 1.807) is 17.3 Å². The van der Waals surface area contributed by atoms with E-state index in [1.807, 2.05) is 0 Å². The lowest BCUT2D eigenvalue weighted by Crippen LogP contribution is -2.44. The summed E-state index contributed by atoms with van der Waals surface area (Å²) in [5.41, 5.74) is 0. The molecule has 1 atom stereocenters. The van der Waals surface area contributed by atoms with E-state index in [2.05, 4.69) is 4.98 Å². The largest absolute Gasteiger partial charge is 0.469 e. The number of carbonyl (C=O) groups excluding carboxylic acids is 2. The maximum atomic E-state index is 12.0. The fraction of sp³-hybridized carbons (Fsp3) is 0.545. The smallest absolute Gasteiger partial charge is 0.329 e. The summed E-state index contributed by atoms with van der Waals surface area (Å²) in [5, 5.41) is 0. The standard InChI is InChI=1S/C11H15N3O3/c1-17-10(15)9-3-2-5-13(7-9)11(16)14-6-4-12-8-14/h4,6,8-9H,2-3,5,7H2,1H3. The van der Waals surface area contributed by atoms with Crippen molar-refractivity contribution in [1.82, 2.24) is 14.5 Å². The summed E-state index contributed by atoms with van der Waals surface area (Å²) in [4.78, 5) is 28.9. The van der Waals surface area contributed by atoms with Crippen LogP contribution in [-0.2, 0) is 9.53 Å². The monoisotopic (exact) mass is 237 g/mol. The molecule has 1 aromatic heterocycles. The number of piperidine rings is 1. The number of methoxy groups -OCH3 is 1. The Morgan fingerprint density at radius 3 is 2.94 bits per heavy atom. The van der Waals surface area contributed by atoms with Crippen LogP contribution in [0.1, 0.15) is 12.8 Å². The van der Waals surface area contributed by atoms with Crippen molar-refractivity contribution in [2.24, 2.45) is 5.92 Å². The van der Waals surface area contributed by atoms with Crippen LogP contribution in [0.3, 0.4) is 0 Å². The fourth-order valence-electron chi connectivity index (χ4n) is 2.05. The molecule has 1 saturated heterocycles. The third kappa shape index (κ3) is 2.46. The molecule has 0 bridgehead atoms. The van der Waals surface area contributed by atoms with Crippen LogP contribution >= 0.6 is 0 Å². The minimum atomic E-state index is -0.242. The highest BCUT2D eigenvalue weighted by atomic mass is 16.5. The highest BCUT2D eigenvalue weighted by molar-refractivity contribution is 5.78. The second-order valence-corrected chi connectivity index (χ2v) is 4.06. The topological polar surface area (TPSA) is 64.4 Å². The number of hydrogen-bond acceptors (Lipinski definition) is 4. The number of likely N-dealkylation sites (tertiary alicyclic amines) is 1. The van der Waals surface area contributed by atoms with Gasteiger partial charge in [0.05, 0.1) is 13.0 Å². The van der Waals surface area contributed by atoms with Crippen LogP contribution in [0.15, 0.2) is 18.7 Å². The van der Waals surface area contributed by atoms with Crippen LogP contribution in [0.2, 0.25) is 0 Å². The van der Waals surface area contributed by atoms with Crippen LogP contribution < -0.4 is 0 Å². The van der Waals surface area contributed by atoms with E-state index in [0.29, 0.717) is 13.1 Å². The number of nitrogens with zero attached hydrogens (tertiary/aromatic N) is 3. The number of imidazole rings is 1. The molecule has 2 heterocycles. The number of rotatable bonds is 1. The highest BCUT2D eigenvalue weighted by Crippen LogP contribution is 2.18. The third-order valence-electron chi connectivity index (χ3n) is 2.95. The van der Waals surface area contributed by atoms with Crippen LogP contribution in [0.4, 0.5) is 4.79 Å². The van der Waals surface area contributed by atoms with Gasteiger partial charge in [0, 0.05) is 25.5 Å². The van der Waals surface area contributed by atoms with E-state index in [-0.39, 0.29) is 17.9 Å². The molecule has 6 heteroatoms. The van der Waals surface area contributed by atoms with E-state index in [9.17, 15) is 9.59 Å². The van der Waals surface area contributed by atoms with Gasteiger partial charge in [0.25, 0.3) is 0 Å². The zero-order valence-electron chi connectivity index (χ0n) is 9.70. The van der Waals surface area contributed by atoms with Crippen molar-refractivity contribution >= 4 is 12.0 Å². The summed E-state index contributed by atoms with van der Waals surface area (Å²) in [5.74, 6) is -0.450. The van der Waals surface area contributed by atoms with Crippen molar-refractivity contribution in [3.63, 3.8) is 0 Å². The number of esters is 1. The molecule has 6 nitrogen and oxygen atoms in total. The van der Waals surface area contributed by atoms with Crippen molar-refractivity contribution in [3.8, 4) is 0 Å². The first-order valence-corrected chi connectivity index (χ1v) is 5.57. The first kappa shape index (κ1) is 11.6. The first-order chi connectivity index (χ1) is 8.22. The first-order valence-electron chi connectivity index (χ1n) is 5.57. The van der Waals surface area contributed by atoms with Crippen LogP contribution in [0, 0.1) is 5.92 Å². The molecule has 1 fully saturated rings. The summed E-state index contributed by atoms with van der Waals surface area (Å²) < 4.78 is 6.13. The van der Waals surface area contributed by atoms with Gasteiger partial charge in [-0.1, -0.05) is 0 Å². The lowest BCUT2D eigenvalue weighted by atomic mass is 9.98. The van der Waals surface area contributed by atoms with Gasteiger partial charge in [-0.05, 0) is 12.8 Å². The molecule has 0 radical (unpaired) electrons. The Labute approximate surface area is 99.2 Å². The van der Waals surface area contributed by atoms with Gasteiger partial charge in [0.15, 0.2) is 0 Å². The minimum Gasteiger partial charge on any atom is -0.469 e. The van der Waals surface area contributed by atoms with Gasteiger partial charge in [-0.25, -0.2) is 9.78 Å². The summed E-state index contributed by atoms with van der Waals surface area (Å²) in [6.07, 6.45) is 6.22. The molecule has 1 aliphatic rings. The fourth-order valence-corrected chi connectivity index (χ4v) is 2.05. The number of ether oxygens (including phenoxy) is 1. The second-order valence-electron chi connectivity index (χ2n) is 4.06. The molecule has 0 spiro atoms. The number of hydrogen-bond donors (Lipinski definition) is 0. The maximum absolute atomic E-state index is 12.0. The Morgan fingerprint density at radius 1 is 1.47 bits per heavy atom. The molecule has 2 rings (SSSR count). The number of amides is 1. The van der Waals surface area contributed by atoms with Crippen molar-refractivity contribution < 1.29 is 14.3 Å². The van der Waals surface area contributed by atoms with Gasteiger partial charge in [-0.15, -0.1) is 0 Å². The van der Waals surface area contributed by atoms with Crippen molar-refractivity contribution in [3.05, 3.63) is 18.7 Å².